The zero-order valence-electron chi connectivity index (χ0n) is 12.5. The van der Waals surface area contributed by atoms with Crippen LogP contribution in [0.25, 0.3) is 11.0 Å². The van der Waals surface area contributed by atoms with E-state index in [1.807, 2.05) is 12.1 Å². The number of imidazole rings is 1. The highest BCUT2D eigenvalue weighted by atomic mass is 35.5. The number of benzene rings is 1. The van der Waals surface area contributed by atoms with Gasteiger partial charge in [0.1, 0.15) is 5.82 Å². The summed E-state index contributed by atoms with van der Waals surface area (Å²) in [5.41, 5.74) is 2.49. The molecule has 2 aromatic rings. The third-order valence-corrected chi connectivity index (χ3v) is 3.44. The van der Waals surface area contributed by atoms with Crippen LogP contribution in [-0.4, -0.2) is 22.8 Å². The Labute approximate surface area is 130 Å². The van der Waals surface area contributed by atoms with Gasteiger partial charge in [-0.25, -0.2) is 4.98 Å². The second kappa shape index (κ2) is 7.44. The van der Waals surface area contributed by atoms with Crippen molar-refractivity contribution in [3.8, 4) is 6.07 Å². The van der Waals surface area contributed by atoms with E-state index in [9.17, 15) is 0 Å². The third-order valence-electron chi connectivity index (χ3n) is 3.20. The second-order valence-electron chi connectivity index (χ2n) is 5.45. The van der Waals surface area contributed by atoms with Crippen LogP contribution < -0.4 is 0 Å². The molecule has 0 aliphatic heterocycles. The van der Waals surface area contributed by atoms with Crippen molar-refractivity contribution in [2.24, 2.45) is 5.92 Å². The average molecular weight is 306 g/mol. The molecule has 4 nitrogen and oxygen atoms in total. The van der Waals surface area contributed by atoms with Crippen molar-refractivity contribution in [2.45, 2.75) is 32.7 Å². The minimum atomic E-state index is 0.365. The highest BCUT2D eigenvalue weighted by Gasteiger charge is 2.10. The van der Waals surface area contributed by atoms with Gasteiger partial charge in [-0.2, -0.15) is 5.26 Å². The van der Waals surface area contributed by atoms with Crippen molar-refractivity contribution >= 4 is 22.6 Å². The van der Waals surface area contributed by atoms with Gasteiger partial charge >= 0.3 is 0 Å². The van der Waals surface area contributed by atoms with Crippen LogP contribution in [0.15, 0.2) is 18.2 Å². The summed E-state index contributed by atoms with van der Waals surface area (Å²) >= 11 is 5.98. The lowest BCUT2D eigenvalue weighted by Crippen LogP contribution is -2.08. The summed E-state index contributed by atoms with van der Waals surface area (Å²) in [6.45, 7) is 6.57. The van der Waals surface area contributed by atoms with Gasteiger partial charge in [0, 0.05) is 19.8 Å². The summed E-state index contributed by atoms with van der Waals surface area (Å²) in [6, 6.07) is 7.68. The van der Waals surface area contributed by atoms with Crippen LogP contribution >= 0.6 is 11.6 Å². The maximum atomic E-state index is 9.02. The Bertz CT molecular complexity index is 643. The van der Waals surface area contributed by atoms with E-state index in [0.717, 1.165) is 43.0 Å². The molecule has 0 spiro atoms. The molecule has 0 radical (unpaired) electrons. The molecule has 112 valence electrons. The van der Waals surface area contributed by atoms with Gasteiger partial charge in [0.2, 0.25) is 0 Å². The number of nitriles is 1. The van der Waals surface area contributed by atoms with E-state index >= 15 is 0 Å². The molecular formula is C16H20ClN3O. The summed E-state index contributed by atoms with van der Waals surface area (Å²) in [5, 5.41) is 9.02. The van der Waals surface area contributed by atoms with E-state index in [1.165, 1.54) is 0 Å². The summed E-state index contributed by atoms with van der Waals surface area (Å²) in [4.78, 5) is 4.51. The zero-order valence-corrected chi connectivity index (χ0v) is 13.2. The van der Waals surface area contributed by atoms with Crippen molar-refractivity contribution in [1.82, 2.24) is 9.55 Å². The molecule has 0 aliphatic carbocycles. The quantitative estimate of drug-likeness (QED) is 0.579. The van der Waals surface area contributed by atoms with Crippen molar-refractivity contribution in [3.05, 3.63) is 29.6 Å². The summed E-state index contributed by atoms with van der Waals surface area (Å²) in [5.74, 6) is 1.75. The molecule has 1 aromatic carbocycles. The van der Waals surface area contributed by atoms with Gasteiger partial charge in [0.05, 0.1) is 28.5 Å². The van der Waals surface area contributed by atoms with Crippen molar-refractivity contribution < 1.29 is 4.74 Å². The molecule has 1 aromatic heterocycles. The van der Waals surface area contributed by atoms with Gasteiger partial charge in [0.15, 0.2) is 0 Å². The molecule has 1 heterocycles. The van der Waals surface area contributed by atoms with E-state index in [4.69, 9.17) is 21.6 Å². The van der Waals surface area contributed by atoms with Gasteiger partial charge in [-0.3, -0.25) is 0 Å². The number of hydrogen-bond acceptors (Lipinski definition) is 3. The monoisotopic (exact) mass is 305 g/mol. The maximum absolute atomic E-state index is 9.02. The first-order valence-electron chi connectivity index (χ1n) is 7.18. The van der Waals surface area contributed by atoms with Crippen LogP contribution in [0.2, 0.25) is 0 Å². The predicted molar refractivity (Wildman–Crippen MR) is 84.3 cm³/mol. The van der Waals surface area contributed by atoms with Crippen molar-refractivity contribution in [2.75, 3.05) is 13.2 Å². The standard InChI is InChI=1S/C16H20ClN3O/c1-12(2)11-21-7-3-6-20-15-8-13(10-18)4-5-14(15)19-16(20)9-17/h4-5,8,12H,3,6-7,9,11H2,1-2H3. The fourth-order valence-corrected chi connectivity index (χ4v) is 2.44. The van der Waals surface area contributed by atoms with Crippen LogP contribution in [0.1, 0.15) is 31.7 Å². The van der Waals surface area contributed by atoms with Gasteiger partial charge in [-0.05, 0) is 30.5 Å². The molecule has 0 atom stereocenters. The molecule has 21 heavy (non-hydrogen) atoms. The van der Waals surface area contributed by atoms with Crippen LogP contribution in [0.3, 0.4) is 0 Å². The molecule has 0 unspecified atom stereocenters. The predicted octanol–water partition coefficient (Wildman–Crippen LogP) is 3.71. The molecule has 0 saturated carbocycles. The molecular weight excluding hydrogens is 286 g/mol. The minimum absolute atomic E-state index is 0.365. The second-order valence-corrected chi connectivity index (χ2v) is 5.72. The minimum Gasteiger partial charge on any atom is -0.381 e. The molecule has 0 aliphatic rings. The first kappa shape index (κ1) is 15.8. The van der Waals surface area contributed by atoms with E-state index < -0.39 is 0 Å². The average Bonchev–Trinajstić information content (AvgIpc) is 2.83. The van der Waals surface area contributed by atoms with E-state index in [0.29, 0.717) is 17.4 Å². The van der Waals surface area contributed by atoms with Crippen molar-refractivity contribution in [1.29, 1.82) is 5.26 Å². The summed E-state index contributed by atoms with van der Waals surface area (Å²) in [7, 11) is 0. The lowest BCUT2D eigenvalue weighted by Gasteiger charge is -2.09. The van der Waals surface area contributed by atoms with Crippen LogP contribution in [0.4, 0.5) is 0 Å². The van der Waals surface area contributed by atoms with E-state index in [2.05, 4.69) is 29.5 Å². The van der Waals surface area contributed by atoms with Crippen molar-refractivity contribution in [3.63, 3.8) is 0 Å². The number of nitrogens with zero attached hydrogens (tertiary/aromatic N) is 3. The molecule has 0 fully saturated rings. The largest absolute Gasteiger partial charge is 0.381 e. The Kier molecular flexibility index (Phi) is 5.60. The summed E-state index contributed by atoms with van der Waals surface area (Å²) < 4.78 is 7.69. The molecule has 0 amide bonds. The number of hydrogen-bond donors (Lipinski definition) is 0. The fourth-order valence-electron chi connectivity index (χ4n) is 2.24. The Hall–Kier alpha value is -1.57. The number of aryl methyl sites for hydroxylation is 1. The number of halogens is 1. The van der Waals surface area contributed by atoms with Crippen LogP contribution in [0.5, 0.6) is 0 Å². The third kappa shape index (κ3) is 3.96. The highest BCUT2D eigenvalue weighted by molar-refractivity contribution is 6.16. The molecule has 0 bridgehead atoms. The molecule has 0 N–H and O–H groups in total. The van der Waals surface area contributed by atoms with Gasteiger partial charge < -0.3 is 9.30 Å². The lowest BCUT2D eigenvalue weighted by atomic mass is 10.2. The molecule has 0 saturated heterocycles. The Morgan fingerprint density at radius 2 is 2.24 bits per heavy atom. The Morgan fingerprint density at radius 3 is 2.90 bits per heavy atom. The number of rotatable bonds is 7. The van der Waals surface area contributed by atoms with Gasteiger partial charge in [0.25, 0.3) is 0 Å². The smallest absolute Gasteiger partial charge is 0.124 e. The van der Waals surface area contributed by atoms with Gasteiger partial charge in [-0.1, -0.05) is 13.8 Å². The first-order valence-corrected chi connectivity index (χ1v) is 7.72. The van der Waals surface area contributed by atoms with E-state index in [-0.39, 0.29) is 0 Å². The zero-order chi connectivity index (χ0) is 15.2. The SMILES string of the molecule is CC(C)COCCCn1c(CCl)nc2ccc(C#N)cc21. The summed E-state index contributed by atoms with van der Waals surface area (Å²) in [6.07, 6.45) is 0.902. The number of ether oxygens (including phenoxy) is 1. The van der Waals surface area contributed by atoms with E-state index in [1.54, 1.807) is 6.07 Å². The molecule has 5 heteroatoms. The van der Waals surface area contributed by atoms with Crippen LogP contribution in [-0.2, 0) is 17.2 Å². The Morgan fingerprint density at radius 1 is 1.43 bits per heavy atom. The lowest BCUT2D eigenvalue weighted by molar-refractivity contribution is 0.105. The van der Waals surface area contributed by atoms with Crippen LogP contribution in [0, 0.1) is 17.2 Å². The fraction of sp³-hybridized carbons (Fsp3) is 0.500. The normalized spacial score (nSPS) is 11.2. The Balaban J connectivity index is 2.11. The highest BCUT2D eigenvalue weighted by Crippen LogP contribution is 2.19. The number of alkyl halides is 1. The topological polar surface area (TPSA) is 50.8 Å². The maximum Gasteiger partial charge on any atom is 0.124 e. The number of fused-ring (bicyclic) bond motifs is 1. The first-order chi connectivity index (χ1) is 10.2. The van der Waals surface area contributed by atoms with Gasteiger partial charge in [-0.15, -0.1) is 11.6 Å². The molecule has 2 rings (SSSR count). The number of aromatic nitrogens is 2.